The molecule has 2 N–H and O–H groups in total. The van der Waals surface area contributed by atoms with Gasteiger partial charge in [-0.15, -0.1) is 11.8 Å². The van der Waals surface area contributed by atoms with Crippen LogP contribution < -0.4 is 5.32 Å². The van der Waals surface area contributed by atoms with E-state index in [1.165, 1.54) is 16.9 Å². The van der Waals surface area contributed by atoms with Crippen LogP contribution in [0.3, 0.4) is 0 Å². The SMILES string of the molecule is CSc1ccc(CNC2CCCC(O)C2)cc1. The first kappa shape index (κ1) is 12.9. The Morgan fingerprint density at radius 1 is 1.29 bits per heavy atom. The third-order valence-corrected chi connectivity index (χ3v) is 4.14. The summed E-state index contributed by atoms with van der Waals surface area (Å²) in [4.78, 5) is 1.31. The van der Waals surface area contributed by atoms with Crippen LogP contribution in [-0.4, -0.2) is 23.5 Å². The number of hydrogen-bond donors (Lipinski definition) is 2. The van der Waals surface area contributed by atoms with Gasteiger partial charge in [0, 0.05) is 17.5 Å². The van der Waals surface area contributed by atoms with E-state index in [0.29, 0.717) is 6.04 Å². The van der Waals surface area contributed by atoms with Gasteiger partial charge in [-0.2, -0.15) is 0 Å². The van der Waals surface area contributed by atoms with Gasteiger partial charge < -0.3 is 10.4 Å². The Morgan fingerprint density at radius 2 is 2.06 bits per heavy atom. The van der Waals surface area contributed by atoms with E-state index in [1.54, 1.807) is 11.8 Å². The fourth-order valence-electron chi connectivity index (χ4n) is 2.35. The van der Waals surface area contributed by atoms with E-state index in [4.69, 9.17) is 0 Å². The third-order valence-electron chi connectivity index (χ3n) is 3.40. The molecule has 1 aliphatic rings. The van der Waals surface area contributed by atoms with Crippen LogP contribution in [0.5, 0.6) is 0 Å². The minimum atomic E-state index is -0.0971. The lowest BCUT2D eigenvalue weighted by molar-refractivity contribution is 0.111. The van der Waals surface area contributed by atoms with Gasteiger partial charge in [0.2, 0.25) is 0 Å². The van der Waals surface area contributed by atoms with Crippen LogP contribution in [0.4, 0.5) is 0 Å². The summed E-state index contributed by atoms with van der Waals surface area (Å²) < 4.78 is 0. The molecular weight excluding hydrogens is 230 g/mol. The van der Waals surface area contributed by atoms with Crippen LogP contribution in [0.15, 0.2) is 29.2 Å². The molecule has 3 heteroatoms. The number of thioether (sulfide) groups is 1. The van der Waals surface area contributed by atoms with Gasteiger partial charge in [-0.25, -0.2) is 0 Å². The molecule has 0 spiro atoms. The van der Waals surface area contributed by atoms with Crippen LogP contribution in [0.1, 0.15) is 31.2 Å². The van der Waals surface area contributed by atoms with Crippen molar-refractivity contribution in [3.05, 3.63) is 29.8 Å². The summed E-state index contributed by atoms with van der Waals surface area (Å²) in [6.45, 7) is 0.909. The third kappa shape index (κ3) is 4.02. The van der Waals surface area contributed by atoms with Crippen LogP contribution in [0.25, 0.3) is 0 Å². The van der Waals surface area contributed by atoms with Crippen molar-refractivity contribution in [2.75, 3.05) is 6.26 Å². The molecule has 2 nitrogen and oxygen atoms in total. The zero-order chi connectivity index (χ0) is 12.1. The summed E-state index contributed by atoms with van der Waals surface area (Å²) >= 11 is 1.77. The van der Waals surface area contributed by atoms with Gasteiger partial charge in [-0.3, -0.25) is 0 Å². The Morgan fingerprint density at radius 3 is 2.71 bits per heavy atom. The maximum atomic E-state index is 9.60. The van der Waals surface area contributed by atoms with E-state index in [9.17, 15) is 5.11 Å². The second-order valence-corrected chi connectivity index (χ2v) is 5.63. The minimum absolute atomic E-state index is 0.0971. The predicted octanol–water partition coefficient (Wildman–Crippen LogP) is 2.80. The van der Waals surface area contributed by atoms with Gasteiger partial charge in [0.05, 0.1) is 6.10 Å². The second kappa shape index (κ2) is 6.43. The highest BCUT2D eigenvalue weighted by Gasteiger charge is 2.19. The maximum absolute atomic E-state index is 9.60. The Kier molecular flexibility index (Phi) is 4.89. The molecular formula is C14H21NOS. The molecule has 0 aromatic heterocycles. The summed E-state index contributed by atoms with van der Waals surface area (Å²) in [5, 5.41) is 13.1. The highest BCUT2D eigenvalue weighted by atomic mass is 32.2. The Labute approximate surface area is 108 Å². The van der Waals surface area contributed by atoms with E-state index in [0.717, 1.165) is 25.8 Å². The molecule has 0 radical (unpaired) electrons. The Hall–Kier alpha value is -0.510. The molecule has 1 saturated carbocycles. The van der Waals surface area contributed by atoms with Gasteiger partial charge in [0.15, 0.2) is 0 Å². The Balaban J connectivity index is 1.80. The first-order valence-electron chi connectivity index (χ1n) is 6.32. The molecule has 17 heavy (non-hydrogen) atoms. The van der Waals surface area contributed by atoms with Crippen molar-refractivity contribution in [3.63, 3.8) is 0 Å². The molecule has 1 aromatic rings. The summed E-state index contributed by atoms with van der Waals surface area (Å²) in [5.74, 6) is 0. The number of rotatable bonds is 4. The second-order valence-electron chi connectivity index (χ2n) is 4.75. The molecule has 0 aliphatic heterocycles. The van der Waals surface area contributed by atoms with Crippen molar-refractivity contribution >= 4 is 11.8 Å². The molecule has 2 rings (SSSR count). The molecule has 1 aromatic carbocycles. The van der Waals surface area contributed by atoms with Crippen molar-refractivity contribution in [2.45, 2.75) is 49.3 Å². The predicted molar refractivity (Wildman–Crippen MR) is 73.3 cm³/mol. The number of aliphatic hydroxyl groups excluding tert-OH is 1. The van der Waals surface area contributed by atoms with Gasteiger partial charge in [0.25, 0.3) is 0 Å². The normalized spacial score (nSPS) is 24.8. The fraction of sp³-hybridized carbons (Fsp3) is 0.571. The maximum Gasteiger partial charge on any atom is 0.0555 e. The molecule has 0 amide bonds. The average molecular weight is 251 g/mol. The summed E-state index contributed by atoms with van der Waals surface area (Å²) in [6.07, 6.45) is 6.21. The van der Waals surface area contributed by atoms with Gasteiger partial charge >= 0.3 is 0 Å². The fourth-order valence-corrected chi connectivity index (χ4v) is 2.76. The van der Waals surface area contributed by atoms with E-state index < -0.39 is 0 Å². The smallest absolute Gasteiger partial charge is 0.0555 e. The van der Waals surface area contributed by atoms with E-state index in [1.807, 2.05) is 0 Å². The lowest BCUT2D eigenvalue weighted by Gasteiger charge is -2.26. The molecule has 0 saturated heterocycles. The van der Waals surface area contributed by atoms with E-state index >= 15 is 0 Å². The highest BCUT2D eigenvalue weighted by Crippen LogP contribution is 2.19. The minimum Gasteiger partial charge on any atom is -0.393 e. The highest BCUT2D eigenvalue weighted by molar-refractivity contribution is 7.98. The van der Waals surface area contributed by atoms with Crippen LogP contribution >= 0.6 is 11.8 Å². The largest absolute Gasteiger partial charge is 0.393 e. The number of hydrogen-bond acceptors (Lipinski definition) is 3. The van der Waals surface area contributed by atoms with E-state index in [-0.39, 0.29) is 6.10 Å². The molecule has 94 valence electrons. The molecule has 2 unspecified atom stereocenters. The van der Waals surface area contributed by atoms with Crippen molar-refractivity contribution in [3.8, 4) is 0 Å². The van der Waals surface area contributed by atoms with Crippen LogP contribution in [-0.2, 0) is 6.54 Å². The zero-order valence-electron chi connectivity index (χ0n) is 10.4. The van der Waals surface area contributed by atoms with Crippen molar-refractivity contribution in [1.29, 1.82) is 0 Å². The average Bonchev–Trinajstić information content (AvgIpc) is 2.37. The molecule has 0 heterocycles. The van der Waals surface area contributed by atoms with E-state index in [2.05, 4.69) is 35.8 Å². The summed E-state index contributed by atoms with van der Waals surface area (Å²) in [7, 11) is 0. The number of aliphatic hydroxyl groups is 1. The van der Waals surface area contributed by atoms with Crippen molar-refractivity contribution in [1.82, 2.24) is 5.32 Å². The summed E-state index contributed by atoms with van der Waals surface area (Å²) in [6, 6.07) is 9.17. The van der Waals surface area contributed by atoms with Crippen LogP contribution in [0.2, 0.25) is 0 Å². The van der Waals surface area contributed by atoms with Gasteiger partial charge in [-0.05, 0) is 49.6 Å². The molecule has 0 bridgehead atoms. The Bertz CT molecular complexity index is 339. The first-order chi connectivity index (χ1) is 8.28. The number of nitrogens with one attached hydrogen (secondary N) is 1. The standard InChI is InChI=1S/C14H21NOS/c1-17-14-7-5-11(6-8-14)10-15-12-3-2-4-13(16)9-12/h5-8,12-13,15-16H,2-4,9-10H2,1H3. The topological polar surface area (TPSA) is 32.3 Å². The monoisotopic (exact) mass is 251 g/mol. The molecule has 1 aliphatic carbocycles. The zero-order valence-corrected chi connectivity index (χ0v) is 11.2. The van der Waals surface area contributed by atoms with Crippen LogP contribution in [0, 0.1) is 0 Å². The summed E-state index contributed by atoms with van der Waals surface area (Å²) in [5.41, 5.74) is 1.32. The lowest BCUT2D eigenvalue weighted by Crippen LogP contribution is -2.35. The van der Waals surface area contributed by atoms with Gasteiger partial charge in [0.1, 0.15) is 0 Å². The first-order valence-corrected chi connectivity index (χ1v) is 7.55. The lowest BCUT2D eigenvalue weighted by atomic mass is 9.93. The number of benzene rings is 1. The molecule has 1 fully saturated rings. The molecule has 2 atom stereocenters. The van der Waals surface area contributed by atoms with Gasteiger partial charge in [-0.1, -0.05) is 12.1 Å². The van der Waals surface area contributed by atoms with Crippen molar-refractivity contribution in [2.24, 2.45) is 0 Å². The quantitative estimate of drug-likeness (QED) is 0.807. The van der Waals surface area contributed by atoms with Crippen molar-refractivity contribution < 1.29 is 5.11 Å².